The van der Waals surface area contributed by atoms with Crippen LogP contribution in [0.2, 0.25) is 0 Å². The zero-order valence-corrected chi connectivity index (χ0v) is 14.5. The Morgan fingerprint density at radius 3 is 2.42 bits per heavy atom. The number of sulfone groups is 1. The number of amides is 2. The molecule has 1 aliphatic heterocycles. The Hall–Kier alpha value is -2.09. The van der Waals surface area contributed by atoms with Gasteiger partial charge in [-0.2, -0.15) is 0 Å². The Morgan fingerprint density at radius 2 is 1.88 bits per heavy atom. The molecule has 2 unspecified atom stereocenters. The Bertz CT molecular complexity index is 714. The number of nitrogens with one attached hydrogen (secondary N) is 1. The Balaban J connectivity index is 2.05. The van der Waals surface area contributed by atoms with Crippen LogP contribution in [0.5, 0.6) is 0 Å². The molecule has 1 saturated heterocycles. The predicted octanol–water partition coefficient (Wildman–Crippen LogP) is 2.05. The SMILES string of the molecule is CCS(=O)(=O)c1ccc(NC(=O)N2CC(C)CC(C(=O)O)C2)cc1. The molecule has 2 atom stereocenters. The first-order valence-corrected chi connectivity index (χ1v) is 9.49. The molecular formula is C16H22N2O5S. The summed E-state index contributed by atoms with van der Waals surface area (Å²) in [6.07, 6.45) is 0.558. The molecule has 0 spiro atoms. The zero-order valence-electron chi connectivity index (χ0n) is 13.7. The van der Waals surface area contributed by atoms with Gasteiger partial charge in [-0.15, -0.1) is 0 Å². The fourth-order valence-corrected chi connectivity index (χ4v) is 3.70. The Kier molecular flexibility index (Phi) is 5.48. The molecule has 1 aromatic carbocycles. The first kappa shape index (κ1) is 18.3. The van der Waals surface area contributed by atoms with E-state index in [0.717, 1.165) is 0 Å². The number of anilines is 1. The molecule has 24 heavy (non-hydrogen) atoms. The quantitative estimate of drug-likeness (QED) is 0.861. The van der Waals surface area contributed by atoms with Crippen molar-refractivity contribution in [3.8, 4) is 0 Å². The van der Waals surface area contributed by atoms with E-state index >= 15 is 0 Å². The molecule has 1 aromatic rings. The summed E-state index contributed by atoms with van der Waals surface area (Å²) in [4.78, 5) is 25.2. The van der Waals surface area contributed by atoms with Crippen LogP contribution in [0.15, 0.2) is 29.2 Å². The average Bonchev–Trinajstić information content (AvgIpc) is 2.54. The average molecular weight is 354 g/mol. The summed E-state index contributed by atoms with van der Waals surface area (Å²) in [5, 5.41) is 11.8. The van der Waals surface area contributed by atoms with Crippen LogP contribution < -0.4 is 5.32 Å². The molecule has 0 saturated carbocycles. The number of carboxylic acids is 1. The highest BCUT2D eigenvalue weighted by atomic mass is 32.2. The number of nitrogens with zero attached hydrogens (tertiary/aromatic N) is 1. The lowest BCUT2D eigenvalue weighted by molar-refractivity contribution is -0.143. The molecule has 1 aliphatic rings. The van der Waals surface area contributed by atoms with E-state index in [0.29, 0.717) is 18.7 Å². The summed E-state index contributed by atoms with van der Waals surface area (Å²) < 4.78 is 23.5. The number of piperidine rings is 1. The van der Waals surface area contributed by atoms with E-state index in [-0.39, 0.29) is 29.1 Å². The van der Waals surface area contributed by atoms with E-state index in [1.165, 1.54) is 29.2 Å². The minimum atomic E-state index is -3.28. The Labute approximate surface area is 141 Å². The third-order valence-electron chi connectivity index (χ3n) is 4.14. The normalized spacial score (nSPS) is 21.3. The van der Waals surface area contributed by atoms with Crippen LogP contribution in [0.4, 0.5) is 10.5 Å². The van der Waals surface area contributed by atoms with Gasteiger partial charge in [0, 0.05) is 18.8 Å². The topological polar surface area (TPSA) is 104 Å². The van der Waals surface area contributed by atoms with Gasteiger partial charge in [-0.25, -0.2) is 13.2 Å². The number of hydrogen-bond acceptors (Lipinski definition) is 4. The molecule has 2 amide bonds. The van der Waals surface area contributed by atoms with Gasteiger partial charge in [-0.05, 0) is 36.6 Å². The van der Waals surface area contributed by atoms with Crippen molar-refractivity contribution in [1.82, 2.24) is 4.90 Å². The first-order chi connectivity index (χ1) is 11.2. The Morgan fingerprint density at radius 1 is 1.25 bits per heavy atom. The summed E-state index contributed by atoms with van der Waals surface area (Å²) in [5.74, 6) is -1.33. The molecule has 132 valence electrons. The van der Waals surface area contributed by atoms with Crippen molar-refractivity contribution in [3.05, 3.63) is 24.3 Å². The van der Waals surface area contributed by atoms with E-state index < -0.39 is 21.7 Å². The predicted molar refractivity (Wildman–Crippen MR) is 89.7 cm³/mol. The second-order valence-electron chi connectivity index (χ2n) is 6.14. The van der Waals surface area contributed by atoms with Crippen molar-refractivity contribution >= 4 is 27.5 Å². The number of rotatable bonds is 4. The fraction of sp³-hybridized carbons (Fsp3) is 0.500. The van der Waals surface area contributed by atoms with E-state index in [4.69, 9.17) is 5.11 Å². The highest BCUT2D eigenvalue weighted by molar-refractivity contribution is 7.91. The molecule has 8 heteroatoms. The fourth-order valence-electron chi connectivity index (χ4n) is 2.81. The van der Waals surface area contributed by atoms with Gasteiger partial charge in [-0.3, -0.25) is 4.79 Å². The maximum atomic E-state index is 12.3. The highest BCUT2D eigenvalue weighted by Crippen LogP contribution is 2.23. The van der Waals surface area contributed by atoms with Gasteiger partial charge in [0.05, 0.1) is 16.6 Å². The van der Waals surface area contributed by atoms with Gasteiger partial charge in [0.25, 0.3) is 0 Å². The van der Waals surface area contributed by atoms with Gasteiger partial charge in [0.1, 0.15) is 0 Å². The van der Waals surface area contributed by atoms with Crippen LogP contribution in [0.1, 0.15) is 20.3 Å². The summed E-state index contributed by atoms with van der Waals surface area (Å²) >= 11 is 0. The minimum absolute atomic E-state index is 0.0148. The summed E-state index contributed by atoms with van der Waals surface area (Å²) in [5.41, 5.74) is 0.472. The number of urea groups is 1. The number of benzene rings is 1. The largest absolute Gasteiger partial charge is 0.481 e. The molecule has 0 radical (unpaired) electrons. The van der Waals surface area contributed by atoms with E-state index in [2.05, 4.69) is 5.32 Å². The molecule has 2 N–H and O–H groups in total. The zero-order chi connectivity index (χ0) is 17.9. The van der Waals surface area contributed by atoms with Gasteiger partial charge >= 0.3 is 12.0 Å². The first-order valence-electron chi connectivity index (χ1n) is 7.84. The van der Waals surface area contributed by atoms with E-state index in [9.17, 15) is 18.0 Å². The number of carbonyl (C=O) groups is 2. The summed E-state index contributed by atoms with van der Waals surface area (Å²) in [6.45, 7) is 4.16. The van der Waals surface area contributed by atoms with Crippen molar-refractivity contribution in [3.63, 3.8) is 0 Å². The summed E-state index contributed by atoms with van der Waals surface area (Å²) in [7, 11) is -3.28. The molecule has 2 rings (SSSR count). The van der Waals surface area contributed by atoms with Crippen molar-refractivity contribution < 1.29 is 23.1 Å². The van der Waals surface area contributed by atoms with Crippen LogP contribution in [0.25, 0.3) is 0 Å². The lowest BCUT2D eigenvalue weighted by Crippen LogP contribution is -2.47. The maximum Gasteiger partial charge on any atom is 0.321 e. The lowest BCUT2D eigenvalue weighted by atomic mass is 9.91. The van der Waals surface area contributed by atoms with Crippen LogP contribution in [-0.2, 0) is 14.6 Å². The van der Waals surface area contributed by atoms with Gasteiger partial charge in [0.15, 0.2) is 9.84 Å². The molecule has 1 heterocycles. The van der Waals surface area contributed by atoms with Crippen LogP contribution >= 0.6 is 0 Å². The van der Waals surface area contributed by atoms with Crippen molar-refractivity contribution in [2.45, 2.75) is 25.2 Å². The smallest absolute Gasteiger partial charge is 0.321 e. The lowest BCUT2D eigenvalue weighted by Gasteiger charge is -2.34. The summed E-state index contributed by atoms with van der Waals surface area (Å²) in [6, 6.07) is 5.59. The number of aliphatic carboxylic acids is 1. The van der Waals surface area contributed by atoms with Crippen LogP contribution in [0, 0.1) is 11.8 Å². The number of carboxylic acid groups (broad SMARTS) is 1. The number of hydrogen-bond donors (Lipinski definition) is 2. The number of carbonyl (C=O) groups excluding carboxylic acids is 1. The van der Waals surface area contributed by atoms with Crippen LogP contribution in [0.3, 0.4) is 0 Å². The third kappa shape index (κ3) is 4.25. The molecule has 0 bridgehead atoms. The third-order valence-corrected chi connectivity index (χ3v) is 5.89. The highest BCUT2D eigenvalue weighted by Gasteiger charge is 2.31. The van der Waals surface area contributed by atoms with Crippen LogP contribution in [-0.4, -0.2) is 49.3 Å². The van der Waals surface area contributed by atoms with E-state index in [1.807, 2.05) is 6.92 Å². The van der Waals surface area contributed by atoms with Crippen molar-refractivity contribution in [2.75, 3.05) is 24.2 Å². The molecule has 0 aromatic heterocycles. The van der Waals surface area contributed by atoms with Gasteiger partial charge in [0.2, 0.25) is 0 Å². The van der Waals surface area contributed by atoms with Gasteiger partial charge < -0.3 is 15.3 Å². The van der Waals surface area contributed by atoms with Gasteiger partial charge in [-0.1, -0.05) is 13.8 Å². The molecule has 0 aliphatic carbocycles. The number of likely N-dealkylation sites (tertiary alicyclic amines) is 1. The standard InChI is InChI=1S/C16H22N2O5S/c1-3-24(22,23)14-6-4-13(5-7-14)17-16(21)18-9-11(2)8-12(10-18)15(19)20/h4-7,11-12H,3,8-10H2,1-2H3,(H,17,21)(H,19,20). The second kappa shape index (κ2) is 7.21. The molecule has 7 nitrogen and oxygen atoms in total. The van der Waals surface area contributed by atoms with E-state index in [1.54, 1.807) is 6.92 Å². The molecular weight excluding hydrogens is 332 g/mol. The minimum Gasteiger partial charge on any atom is -0.481 e. The maximum absolute atomic E-state index is 12.3. The van der Waals surface area contributed by atoms with Crippen molar-refractivity contribution in [1.29, 1.82) is 0 Å². The molecule has 1 fully saturated rings. The van der Waals surface area contributed by atoms with Crippen molar-refractivity contribution in [2.24, 2.45) is 11.8 Å². The second-order valence-corrected chi connectivity index (χ2v) is 8.42. The monoisotopic (exact) mass is 354 g/mol.